The summed E-state index contributed by atoms with van der Waals surface area (Å²) in [6.45, 7) is 6.08. The Bertz CT molecular complexity index is 765. The number of ether oxygens (including phenoxy) is 1. The van der Waals surface area contributed by atoms with Crippen LogP contribution in [-0.2, 0) is 9.53 Å². The summed E-state index contributed by atoms with van der Waals surface area (Å²) in [5, 5.41) is 7.77. The lowest BCUT2D eigenvalue weighted by molar-refractivity contribution is -0.139. The van der Waals surface area contributed by atoms with E-state index in [0.29, 0.717) is 24.0 Å². The third kappa shape index (κ3) is 2.91. The zero-order chi connectivity index (χ0) is 17.1. The van der Waals surface area contributed by atoms with Crippen molar-refractivity contribution in [1.29, 1.82) is 0 Å². The first-order valence-corrected chi connectivity index (χ1v) is 8.31. The predicted molar refractivity (Wildman–Crippen MR) is 91.5 cm³/mol. The Balaban J connectivity index is 2.18. The lowest BCUT2D eigenvalue weighted by Gasteiger charge is -2.29. The first kappa shape index (κ1) is 16.2. The topological polar surface area (TPSA) is 69.0 Å². The number of benzene rings is 1. The molecular formula is C18H22N4O2. The number of rotatable bonds is 5. The second kappa shape index (κ2) is 6.86. The van der Waals surface area contributed by atoms with E-state index in [2.05, 4.69) is 22.3 Å². The van der Waals surface area contributed by atoms with E-state index < -0.39 is 0 Å². The van der Waals surface area contributed by atoms with Gasteiger partial charge in [-0.25, -0.2) is 9.48 Å². The number of carbonyl (C=O) groups is 1. The van der Waals surface area contributed by atoms with Gasteiger partial charge in [-0.1, -0.05) is 43.7 Å². The predicted octanol–water partition coefficient (Wildman–Crippen LogP) is 3.22. The maximum atomic E-state index is 12.7. The van der Waals surface area contributed by atoms with Crippen LogP contribution >= 0.6 is 0 Å². The fraction of sp³-hybridized carbons (Fsp3) is 0.389. The lowest BCUT2D eigenvalue weighted by Crippen LogP contribution is -2.30. The van der Waals surface area contributed by atoms with E-state index in [-0.39, 0.29) is 12.0 Å². The van der Waals surface area contributed by atoms with E-state index in [9.17, 15) is 4.79 Å². The molecule has 126 valence electrons. The number of anilines is 1. The van der Waals surface area contributed by atoms with Gasteiger partial charge in [0.05, 0.1) is 12.2 Å². The first-order chi connectivity index (χ1) is 11.7. The van der Waals surface area contributed by atoms with E-state index in [4.69, 9.17) is 4.74 Å². The molecule has 1 atom stereocenters. The quantitative estimate of drug-likeness (QED) is 0.854. The number of hydrogen-bond acceptors (Lipinski definition) is 5. The normalized spacial score (nSPS) is 16.5. The van der Waals surface area contributed by atoms with Gasteiger partial charge < -0.3 is 10.1 Å². The van der Waals surface area contributed by atoms with E-state index in [0.717, 1.165) is 24.1 Å². The number of carbonyl (C=O) groups excluding carboxylic acids is 1. The van der Waals surface area contributed by atoms with E-state index in [1.165, 1.54) is 0 Å². The number of aromatic nitrogens is 3. The number of nitrogens with one attached hydrogen (secondary N) is 1. The summed E-state index contributed by atoms with van der Waals surface area (Å²) in [4.78, 5) is 17.2. The SMILES string of the molecule is CCCC1=C(C(=O)OCC)[C@@H](c2ccccc2)n2nc(C)nc2N1. The average molecular weight is 326 g/mol. The molecule has 0 bridgehead atoms. The first-order valence-electron chi connectivity index (χ1n) is 8.31. The van der Waals surface area contributed by atoms with Crippen molar-refractivity contribution in [2.45, 2.75) is 39.7 Å². The molecule has 1 aliphatic rings. The van der Waals surface area contributed by atoms with Crippen LogP contribution in [0, 0.1) is 6.92 Å². The van der Waals surface area contributed by atoms with Crippen molar-refractivity contribution in [3.8, 4) is 0 Å². The van der Waals surface area contributed by atoms with Crippen LogP contribution in [0.2, 0.25) is 0 Å². The van der Waals surface area contributed by atoms with Crippen LogP contribution in [0.15, 0.2) is 41.6 Å². The van der Waals surface area contributed by atoms with Crippen LogP contribution in [0.1, 0.15) is 44.1 Å². The van der Waals surface area contributed by atoms with Crippen molar-refractivity contribution in [2.24, 2.45) is 0 Å². The van der Waals surface area contributed by atoms with Crippen molar-refractivity contribution >= 4 is 11.9 Å². The molecule has 24 heavy (non-hydrogen) atoms. The fourth-order valence-corrected chi connectivity index (χ4v) is 3.02. The van der Waals surface area contributed by atoms with Crippen LogP contribution in [0.25, 0.3) is 0 Å². The second-order valence-corrected chi connectivity index (χ2v) is 5.73. The third-order valence-electron chi connectivity index (χ3n) is 3.95. The molecule has 0 unspecified atom stereocenters. The van der Waals surface area contributed by atoms with Crippen LogP contribution < -0.4 is 5.32 Å². The maximum absolute atomic E-state index is 12.7. The summed E-state index contributed by atoms with van der Waals surface area (Å²) in [6.07, 6.45) is 1.67. The molecule has 2 aromatic rings. The Morgan fingerprint density at radius 1 is 1.29 bits per heavy atom. The summed E-state index contributed by atoms with van der Waals surface area (Å²) in [5.41, 5.74) is 2.47. The van der Waals surface area contributed by atoms with Crippen molar-refractivity contribution in [1.82, 2.24) is 14.8 Å². The minimum atomic E-state index is -0.329. The fourth-order valence-electron chi connectivity index (χ4n) is 3.02. The molecule has 2 heterocycles. The van der Waals surface area contributed by atoms with Crippen LogP contribution in [0.4, 0.5) is 5.95 Å². The van der Waals surface area contributed by atoms with Gasteiger partial charge in [-0.3, -0.25) is 0 Å². The number of nitrogens with zero attached hydrogens (tertiary/aromatic N) is 3. The van der Waals surface area contributed by atoms with E-state index in [1.807, 2.05) is 44.2 Å². The molecule has 1 N–H and O–H groups in total. The van der Waals surface area contributed by atoms with E-state index in [1.54, 1.807) is 4.68 Å². The molecule has 6 heteroatoms. The van der Waals surface area contributed by atoms with Gasteiger partial charge in [0, 0.05) is 5.70 Å². The van der Waals surface area contributed by atoms with Gasteiger partial charge in [-0.05, 0) is 25.8 Å². The number of allylic oxidation sites excluding steroid dienone is 1. The second-order valence-electron chi connectivity index (χ2n) is 5.73. The number of aryl methyl sites for hydroxylation is 1. The monoisotopic (exact) mass is 326 g/mol. The molecule has 0 spiro atoms. The molecule has 1 aromatic carbocycles. The highest BCUT2D eigenvalue weighted by atomic mass is 16.5. The maximum Gasteiger partial charge on any atom is 0.338 e. The molecule has 1 aromatic heterocycles. The summed E-state index contributed by atoms with van der Waals surface area (Å²) in [5.74, 6) is 1.03. The van der Waals surface area contributed by atoms with Gasteiger partial charge in [0.15, 0.2) is 0 Å². The lowest BCUT2D eigenvalue weighted by atomic mass is 9.94. The summed E-state index contributed by atoms with van der Waals surface area (Å²) >= 11 is 0. The molecule has 3 rings (SSSR count). The highest BCUT2D eigenvalue weighted by Gasteiger charge is 2.35. The average Bonchev–Trinajstić information content (AvgIpc) is 2.94. The van der Waals surface area contributed by atoms with Crippen molar-refractivity contribution in [3.05, 3.63) is 53.0 Å². The Labute approximate surface area is 141 Å². The Morgan fingerprint density at radius 3 is 2.71 bits per heavy atom. The molecule has 1 aliphatic heterocycles. The Kier molecular flexibility index (Phi) is 4.64. The smallest absolute Gasteiger partial charge is 0.338 e. The summed E-state index contributed by atoms with van der Waals surface area (Å²) in [6, 6.07) is 9.55. The Hall–Kier alpha value is -2.63. The minimum Gasteiger partial charge on any atom is -0.463 e. The number of esters is 1. The van der Waals surface area contributed by atoms with Gasteiger partial charge in [0.2, 0.25) is 5.95 Å². The molecule has 0 saturated heterocycles. The molecule has 0 aliphatic carbocycles. The molecule has 6 nitrogen and oxygen atoms in total. The standard InChI is InChI=1S/C18H22N4O2/c1-4-9-14-15(17(23)24-5-2)16(13-10-7-6-8-11-13)22-18(20-14)19-12(3)21-22/h6-8,10-11,16H,4-5,9H2,1-3H3,(H,19,20,21)/t16-/m1/s1. The molecular weight excluding hydrogens is 304 g/mol. The summed E-state index contributed by atoms with van der Waals surface area (Å²) < 4.78 is 7.11. The van der Waals surface area contributed by atoms with Gasteiger partial charge in [-0.15, -0.1) is 0 Å². The van der Waals surface area contributed by atoms with Crippen molar-refractivity contribution in [3.63, 3.8) is 0 Å². The van der Waals surface area contributed by atoms with E-state index >= 15 is 0 Å². The van der Waals surface area contributed by atoms with Gasteiger partial charge in [0.1, 0.15) is 11.9 Å². The molecule has 0 fully saturated rings. The zero-order valence-electron chi connectivity index (χ0n) is 14.2. The number of hydrogen-bond donors (Lipinski definition) is 1. The van der Waals surface area contributed by atoms with Crippen LogP contribution in [0.3, 0.4) is 0 Å². The highest BCUT2D eigenvalue weighted by Crippen LogP contribution is 2.36. The van der Waals surface area contributed by atoms with Gasteiger partial charge in [0.25, 0.3) is 0 Å². The van der Waals surface area contributed by atoms with Crippen molar-refractivity contribution in [2.75, 3.05) is 11.9 Å². The zero-order valence-corrected chi connectivity index (χ0v) is 14.2. The van der Waals surface area contributed by atoms with Crippen LogP contribution in [-0.4, -0.2) is 27.3 Å². The highest BCUT2D eigenvalue weighted by molar-refractivity contribution is 5.92. The molecule has 0 amide bonds. The minimum absolute atomic E-state index is 0.305. The Morgan fingerprint density at radius 2 is 2.04 bits per heavy atom. The van der Waals surface area contributed by atoms with Gasteiger partial charge in [-0.2, -0.15) is 10.1 Å². The molecule has 0 saturated carbocycles. The largest absolute Gasteiger partial charge is 0.463 e. The molecule has 0 radical (unpaired) electrons. The third-order valence-corrected chi connectivity index (χ3v) is 3.95. The summed E-state index contributed by atoms with van der Waals surface area (Å²) in [7, 11) is 0. The number of fused-ring (bicyclic) bond motifs is 1. The van der Waals surface area contributed by atoms with Gasteiger partial charge >= 0.3 is 5.97 Å². The van der Waals surface area contributed by atoms with Crippen LogP contribution in [0.5, 0.6) is 0 Å². The van der Waals surface area contributed by atoms with Crippen molar-refractivity contribution < 1.29 is 9.53 Å².